The summed E-state index contributed by atoms with van der Waals surface area (Å²) in [6.45, 7) is 4.65. The summed E-state index contributed by atoms with van der Waals surface area (Å²) in [6.07, 6.45) is 0. The Morgan fingerprint density at radius 1 is 1.07 bits per heavy atom. The summed E-state index contributed by atoms with van der Waals surface area (Å²) in [6, 6.07) is 8.83. The van der Waals surface area contributed by atoms with E-state index in [9.17, 15) is 23.6 Å². The molecule has 0 saturated carbocycles. The summed E-state index contributed by atoms with van der Waals surface area (Å²) in [5.74, 6) is -1.99. The molecule has 8 nitrogen and oxygen atoms in total. The minimum Gasteiger partial charge on any atom is -0.319 e. The maximum absolute atomic E-state index is 13.2. The van der Waals surface area contributed by atoms with Gasteiger partial charge in [-0.1, -0.05) is 18.2 Å². The predicted octanol–water partition coefficient (Wildman–Crippen LogP) is 2.56. The molecule has 2 aromatic carbocycles. The van der Waals surface area contributed by atoms with Crippen LogP contribution in [0, 0.1) is 19.7 Å². The normalized spacial score (nSPS) is 18.2. The van der Waals surface area contributed by atoms with Crippen LogP contribution >= 0.6 is 0 Å². The number of carbonyl (C=O) groups is 4. The van der Waals surface area contributed by atoms with Gasteiger partial charge in [0, 0.05) is 5.69 Å². The lowest BCUT2D eigenvalue weighted by molar-refractivity contribution is -0.134. The monoisotopic (exact) mass is 412 g/mol. The van der Waals surface area contributed by atoms with Gasteiger partial charge in [0.15, 0.2) is 0 Å². The molecule has 0 radical (unpaired) electrons. The molecule has 1 heterocycles. The van der Waals surface area contributed by atoms with Gasteiger partial charge < -0.3 is 10.6 Å². The van der Waals surface area contributed by atoms with Crippen LogP contribution < -0.4 is 16.0 Å². The number of hydrogen-bond donors (Lipinski definition) is 3. The number of benzene rings is 2. The van der Waals surface area contributed by atoms with E-state index >= 15 is 0 Å². The fourth-order valence-electron chi connectivity index (χ4n) is 3.11. The summed E-state index contributed by atoms with van der Waals surface area (Å²) < 4.78 is 13.2. The SMILES string of the molecule is Cc1ccc(NC(=O)NC(=O)CN2C(=O)NC(C)(c3ccc(F)cc3)C2=O)cc1C. The van der Waals surface area contributed by atoms with Crippen LogP contribution in [0.1, 0.15) is 23.6 Å². The van der Waals surface area contributed by atoms with E-state index in [0.717, 1.165) is 11.1 Å². The van der Waals surface area contributed by atoms with Crippen molar-refractivity contribution in [3.05, 3.63) is 65.0 Å². The largest absolute Gasteiger partial charge is 0.325 e. The van der Waals surface area contributed by atoms with Crippen LogP contribution in [0.3, 0.4) is 0 Å². The molecule has 1 atom stereocenters. The summed E-state index contributed by atoms with van der Waals surface area (Å²) in [5, 5.41) is 7.13. The standard InChI is InChI=1S/C21H21FN4O4/c1-12-4-9-16(10-13(12)2)23-19(29)24-17(27)11-26-18(28)21(3,25-20(26)30)14-5-7-15(22)8-6-14/h4-10H,11H2,1-3H3,(H,25,30)(H2,23,24,27,29). The topological polar surface area (TPSA) is 108 Å². The Kier molecular flexibility index (Phi) is 5.55. The molecule has 1 fully saturated rings. The van der Waals surface area contributed by atoms with Crippen LogP contribution in [0.4, 0.5) is 19.7 Å². The van der Waals surface area contributed by atoms with Crippen LogP contribution in [0.5, 0.6) is 0 Å². The van der Waals surface area contributed by atoms with Crippen molar-refractivity contribution >= 4 is 29.6 Å². The van der Waals surface area contributed by atoms with E-state index in [0.29, 0.717) is 16.2 Å². The zero-order valence-electron chi connectivity index (χ0n) is 16.7. The number of urea groups is 2. The number of imide groups is 2. The number of halogens is 1. The third kappa shape index (κ3) is 4.14. The lowest BCUT2D eigenvalue weighted by Gasteiger charge is -2.22. The molecular weight excluding hydrogens is 391 g/mol. The molecule has 1 aliphatic heterocycles. The summed E-state index contributed by atoms with van der Waals surface area (Å²) in [7, 11) is 0. The third-order valence-electron chi connectivity index (χ3n) is 5.02. The lowest BCUT2D eigenvalue weighted by atomic mass is 9.92. The predicted molar refractivity (Wildman–Crippen MR) is 107 cm³/mol. The molecule has 0 spiro atoms. The second-order valence-corrected chi connectivity index (χ2v) is 7.25. The van der Waals surface area contributed by atoms with Gasteiger partial charge in [-0.15, -0.1) is 0 Å². The zero-order chi connectivity index (χ0) is 22.1. The van der Waals surface area contributed by atoms with Gasteiger partial charge in [-0.3, -0.25) is 19.8 Å². The van der Waals surface area contributed by atoms with Crippen molar-refractivity contribution in [3.8, 4) is 0 Å². The molecule has 0 bridgehead atoms. The Balaban J connectivity index is 1.63. The van der Waals surface area contributed by atoms with E-state index < -0.39 is 41.8 Å². The minimum absolute atomic E-state index is 0.373. The Morgan fingerprint density at radius 2 is 1.73 bits per heavy atom. The lowest BCUT2D eigenvalue weighted by Crippen LogP contribution is -2.45. The summed E-state index contributed by atoms with van der Waals surface area (Å²) in [4.78, 5) is 50.0. The molecule has 1 aliphatic rings. The number of rotatable bonds is 4. The van der Waals surface area contributed by atoms with Crippen LogP contribution in [0.25, 0.3) is 0 Å². The van der Waals surface area contributed by atoms with Crippen molar-refractivity contribution in [2.45, 2.75) is 26.3 Å². The molecule has 0 aromatic heterocycles. The van der Waals surface area contributed by atoms with Crippen molar-refractivity contribution in [1.29, 1.82) is 0 Å². The van der Waals surface area contributed by atoms with Crippen molar-refractivity contribution in [1.82, 2.24) is 15.5 Å². The van der Waals surface area contributed by atoms with Gasteiger partial charge in [-0.2, -0.15) is 0 Å². The Labute approximate surface area is 172 Å². The quantitative estimate of drug-likeness (QED) is 0.671. The highest BCUT2D eigenvalue weighted by Crippen LogP contribution is 2.28. The molecule has 9 heteroatoms. The van der Waals surface area contributed by atoms with Gasteiger partial charge in [-0.05, 0) is 61.7 Å². The molecule has 3 rings (SSSR count). The molecule has 1 saturated heterocycles. The average molecular weight is 412 g/mol. The second-order valence-electron chi connectivity index (χ2n) is 7.25. The Morgan fingerprint density at radius 3 is 2.37 bits per heavy atom. The highest BCUT2D eigenvalue weighted by atomic mass is 19.1. The number of hydrogen-bond acceptors (Lipinski definition) is 4. The highest BCUT2D eigenvalue weighted by Gasteiger charge is 2.49. The third-order valence-corrected chi connectivity index (χ3v) is 5.02. The Bertz CT molecular complexity index is 1040. The first-order chi connectivity index (χ1) is 14.1. The minimum atomic E-state index is -1.44. The second kappa shape index (κ2) is 7.94. The number of aryl methyl sites for hydroxylation is 2. The van der Waals surface area contributed by atoms with E-state index in [4.69, 9.17) is 0 Å². The fourth-order valence-corrected chi connectivity index (χ4v) is 3.11. The van der Waals surface area contributed by atoms with E-state index in [1.54, 1.807) is 12.1 Å². The molecule has 3 N–H and O–H groups in total. The summed E-state index contributed by atoms with van der Waals surface area (Å²) in [5.41, 5.74) is 1.46. The number of carbonyl (C=O) groups excluding carboxylic acids is 4. The maximum atomic E-state index is 13.2. The number of nitrogens with zero attached hydrogens (tertiary/aromatic N) is 1. The van der Waals surface area contributed by atoms with E-state index in [1.165, 1.54) is 31.2 Å². The molecule has 156 valence electrons. The van der Waals surface area contributed by atoms with Gasteiger partial charge in [0.05, 0.1) is 0 Å². The van der Waals surface area contributed by atoms with Crippen molar-refractivity contribution in [2.24, 2.45) is 0 Å². The Hall–Kier alpha value is -3.75. The maximum Gasteiger partial charge on any atom is 0.325 e. The van der Waals surface area contributed by atoms with E-state index in [1.807, 2.05) is 19.9 Å². The molecule has 2 aromatic rings. The van der Waals surface area contributed by atoms with E-state index in [2.05, 4.69) is 16.0 Å². The summed E-state index contributed by atoms with van der Waals surface area (Å²) >= 11 is 0. The van der Waals surface area contributed by atoms with Crippen LogP contribution in [0.15, 0.2) is 42.5 Å². The van der Waals surface area contributed by atoms with Gasteiger partial charge in [0.2, 0.25) is 5.91 Å². The number of nitrogens with one attached hydrogen (secondary N) is 3. The van der Waals surface area contributed by atoms with Crippen LogP contribution in [0.2, 0.25) is 0 Å². The molecule has 6 amide bonds. The van der Waals surface area contributed by atoms with Crippen molar-refractivity contribution in [3.63, 3.8) is 0 Å². The van der Waals surface area contributed by atoms with Gasteiger partial charge in [0.25, 0.3) is 5.91 Å². The fraction of sp³-hybridized carbons (Fsp3) is 0.238. The van der Waals surface area contributed by atoms with E-state index in [-0.39, 0.29) is 0 Å². The zero-order valence-corrected chi connectivity index (χ0v) is 16.7. The van der Waals surface area contributed by atoms with Crippen LogP contribution in [-0.4, -0.2) is 35.3 Å². The number of anilines is 1. The van der Waals surface area contributed by atoms with Crippen LogP contribution in [-0.2, 0) is 15.1 Å². The first kappa shape index (κ1) is 21.0. The molecular formula is C21H21FN4O4. The van der Waals surface area contributed by atoms with Crippen molar-refractivity contribution in [2.75, 3.05) is 11.9 Å². The average Bonchev–Trinajstić information content (AvgIpc) is 2.89. The molecule has 0 aliphatic carbocycles. The van der Waals surface area contributed by atoms with Gasteiger partial charge in [-0.25, -0.2) is 14.0 Å². The first-order valence-electron chi connectivity index (χ1n) is 9.18. The van der Waals surface area contributed by atoms with Gasteiger partial charge >= 0.3 is 12.1 Å². The smallest absolute Gasteiger partial charge is 0.319 e. The van der Waals surface area contributed by atoms with Crippen molar-refractivity contribution < 1.29 is 23.6 Å². The molecule has 1 unspecified atom stereocenters. The number of amides is 6. The first-order valence-corrected chi connectivity index (χ1v) is 9.18. The molecule has 30 heavy (non-hydrogen) atoms. The van der Waals surface area contributed by atoms with Gasteiger partial charge in [0.1, 0.15) is 17.9 Å². The highest BCUT2D eigenvalue weighted by molar-refractivity contribution is 6.10.